The summed E-state index contributed by atoms with van der Waals surface area (Å²) in [4.78, 5) is 12.2. The van der Waals surface area contributed by atoms with E-state index in [2.05, 4.69) is 12.2 Å². The van der Waals surface area contributed by atoms with Gasteiger partial charge in [-0.1, -0.05) is 42.5 Å². The Balaban J connectivity index is 1.96. The molecule has 1 aromatic rings. The molecule has 1 aromatic carbocycles. The number of methoxy groups -OCH3 is 1. The highest BCUT2D eigenvalue weighted by molar-refractivity contribution is 6.02. The van der Waals surface area contributed by atoms with Crippen molar-refractivity contribution >= 4 is 5.78 Å². The quantitative estimate of drug-likeness (QED) is 0.706. The lowest BCUT2D eigenvalue weighted by Gasteiger charge is -2.48. The van der Waals surface area contributed by atoms with Gasteiger partial charge in [0.1, 0.15) is 5.60 Å². The molecule has 1 fully saturated rings. The second-order valence-electron chi connectivity index (χ2n) is 4.50. The smallest absolute Gasteiger partial charge is 0.173 e. The average molecular weight is 214 g/mol. The van der Waals surface area contributed by atoms with Crippen molar-refractivity contribution in [3.05, 3.63) is 48.0 Å². The molecule has 0 bridgehead atoms. The molecule has 1 saturated carbocycles. The van der Waals surface area contributed by atoms with Crippen LogP contribution in [0.2, 0.25) is 0 Å². The highest BCUT2D eigenvalue weighted by Crippen LogP contribution is 2.54. The Kier molecular flexibility index (Phi) is 2.01. The SMILES string of the molecule is CO[C@]12CC=C[C@H]1[C@@H](c1ccccc1)C2=O. The molecule has 0 radical (unpaired) electrons. The second kappa shape index (κ2) is 3.29. The Morgan fingerprint density at radius 2 is 2.06 bits per heavy atom. The van der Waals surface area contributed by atoms with Crippen molar-refractivity contribution < 1.29 is 9.53 Å². The number of carbonyl (C=O) groups is 1. The van der Waals surface area contributed by atoms with E-state index in [4.69, 9.17) is 4.74 Å². The molecular weight excluding hydrogens is 200 g/mol. The lowest BCUT2D eigenvalue weighted by atomic mass is 9.59. The first-order chi connectivity index (χ1) is 7.79. The van der Waals surface area contributed by atoms with Gasteiger partial charge >= 0.3 is 0 Å². The fraction of sp³-hybridized carbons (Fsp3) is 0.357. The van der Waals surface area contributed by atoms with Gasteiger partial charge in [-0.15, -0.1) is 0 Å². The Morgan fingerprint density at radius 1 is 1.31 bits per heavy atom. The van der Waals surface area contributed by atoms with Crippen molar-refractivity contribution in [2.24, 2.45) is 5.92 Å². The predicted molar refractivity (Wildman–Crippen MR) is 61.2 cm³/mol. The number of hydrogen-bond donors (Lipinski definition) is 0. The molecule has 0 aliphatic heterocycles. The summed E-state index contributed by atoms with van der Waals surface area (Å²) in [6.45, 7) is 0. The molecule has 16 heavy (non-hydrogen) atoms. The lowest BCUT2D eigenvalue weighted by molar-refractivity contribution is -0.166. The molecule has 82 valence electrons. The molecule has 0 spiro atoms. The van der Waals surface area contributed by atoms with E-state index in [1.54, 1.807) is 7.11 Å². The molecule has 0 N–H and O–H groups in total. The summed E-state index contributed by atoms with van der Waals surface area (Å²) >= 11 is 0. The number of carbonyl (C=O) groups excluding carboxylic acids is 1. The van der Waals surface area contributed by atoms with Crippen molar-refractivity contribution in [1.82, 2.24) is 0 Å². The molecule has 3 rings (SSSR count). The van der Waals surface area contributed by atoms with Crippen molar-refractivity contribution in [3.63, 3.8) is 0 Å². The zero-order valence-electron chi connectivity index (χ0n) is 9.22. The number of Topliss-reactive ketones (excluding diaryl/α,β-unsaturated/α-hetero) is 1. The summed E-state index contributed by atoms with van der Waals surface area (Å²) in [5.74, 6) is 0.462. The Hall–Kier alpha value is -1.41. The first-order valence-electron chi connectivity index (χ1n) is 5.61. The van der Waals surface area contributed by atoms with Crippen LogP contribution in [-0.4, -0.2) is 18.5 Å². The molecule has 2 heteroatoms. The van der Waals surface area contributed by atoms with Gasteiger partial charge in [-0.2, -0.15) is 0 Å². The third-order valence-corrected chi connectivity index (χ3v) is 3.88. The summed E-state index contributed by atoms with van der Waals surface area (Å²) in [7, 11) is 1.64. The fourth-order valence-electron chi connectivity index (χ4n) is 3.00. The van der Waals surface area contributed by atoms with Gasteiger partial charge in [-0.25, -0.2) is 0 Å². The van der Waals surface area contributed by atoms with Crippen LogP contribution < -0.4 is 0 Å². The van der Waals surface area contributed by atoms with Crippen molar-refractivity contribution in [2.75, 3.05) is 7.11 Å². The molecule has 2 nitrogen and oxygen atoms in total. The molecule has 0 saturated heterocycles. The number of ether oxygens (including phenoxy) is 1. The molecule has 3 atom stereocenters. The predicted octanol–water partition coefficient (Wildman–Crippen LogP) is 2.31. The topological polar surface area (TPSA) is 26.3 Å². The van der Waals surface area contributed by atoms with Crippen LogP contribution in [0.4, 0.5) is 0 Å². The van der Waals surface area contributed by atoms with E-state index in [9.17, 15) is 4.79 Å². The minimum absolute atomic E-state index is 0.0000926. The number of hydrogen-bond acceptors (Lipinski definition) is 2. The van der Waals surface area contributed by atoms with Crippen LogP contribution in [0.1, 0.15) is 17.9 Å². The molecule has 2 aliphatic carbocycles. The molecular formula is C14H14O2. The average Bonchev–Trinajstić information content (AvgIpc) is 2.70. The van der Waals surface area contributed by atoms with Crippen molar-refractivity contribution in [3.8, 4) is 0 Å². The maximum atomic E-state index is 12.2. The lowest BCUT2D eigenvalue weighted by Crippen LogP contribution is -2.60. The van der Waals surface area contributed by atoms with E-state index in [1.165, 1.54) is 0 Å². The summed E-state index contributed by atoms with van der Waals surface area (Å²) in [6.07, 6.45) is 4.92. The standard InChI is InChI=1S/C14H14O2/c1-16-14-9-5-8-11(14)12(13(14)15)10-6-3-2-4-7-10/h2-8,11-12H,9H2,1H3/t11-,12+,14+/m0/s1. The third-order valence-electron chi connectivity index (χ3n) is 3.88. The molecule has 0 heterocycles. The fourth-order valence-corrected chi connectivity index (χ4v) is 3.00. The van der Waals surface area contributed by atoms with E-state index in [0.29, 0.717) is 0 Å². The Morgan fingerprint density at radius 3 is 2.75 bits per heavy atom. The van der Waals surface area contributed by atoms with E-state index < -0.39 is 5.60 Å². The molecule has 0 amide bonds. The largest absolute Gasteiger partial charge is 0.369 e. The van der Waals surface area contributed by atoms with Gasteiger partial charge in [0.2, 0.25) is 0 Å². The van der Waals surface area contributed by atoms with Crippen LogP contribution in [0.5, 0.6) is 0 Å². The summed E-state index contributed by atoms with van der Waals surface area (Å²) in [5.41, 5.74) is 0.567. The van der Waals surface area contributed by atoms with E-state index in [0.717, 1.165) is 12.0 Å². The number of benzene rings is 1. The second-order valence-corrected chi connectivity index (χ2v) is 4.50. The number of rotatable bonds is 2. The molecule has 0 unspecified atom stereocenters. The number of ketones is 1. The highest BCUT2D eigenvalue weighted by atomic mass is 16.5. The van der Waals surface area contributed by atoms with Crippen LogP contribution in [0.3, 0.4) is 0 Å². The van der Waals surface area contributed by atoms with Crippen LogP contribution >= 0.6 is 0 Å². The first kappa shape index (κ1) is 9.79. The van der Waals surface area contributed by atoms with Gasteiger partial charge in [0.25, 0.3) is 0 Å². The summed E-state index contributed by atoms with van der Waals surface area (Å²) < 4.78 is 5.45. The minimum atomic E-state index is -0.541. The maximum Gasteiger partial charge on any atom is 0.173 e. The van der Waals surface area contributed by atoms with Crippen molar-refractivity contribution in [1.29, 1.82) is 0 Å². The maximum absolute atomic E-state index is 12.2. The van der Waals surface area contributed by atoms with Crippen LogP contribution in [0, 0.1) is 5.92 Å². The Labute approximate surface area is 94.9 Å². The monoisotopic (exact) mass is 214 g/mol. The summed E-state index contributed by atoms with van der Waals surface area (Å²) in [6, 6.07) is 9.98. The third kappa shape index (κ3) is 1.03. The van der Waals surface area contributed by atoms with Gasteiger partial charge in [0, 0.05) is 19.4 Å². The minimum Gasteiger partial charge on any atom is -0.369 e. The zero-order chi connectivity index (χ0) is 11.2. The molecule has 2 aliphatic rings. The van der Waals surface area contributed by atoms with Gasteiger partial charge < -0.3 is 4.74 Å². The van der Waals surface area contributed by atoms with Gasteiger partial charge in [-0.3, -0.25) is 4.79 Å². The molecule has 0 aromatic heterocycles. The summed E-state index contributed by atoms with van der Waals surface area (Å²) in [5, 5.41) is 0. The zero-order valence-corrected chi connectivity index (χ0v) is 9.22. The van der Waals surface area contributed by atoms with E-state index in [1.807, 2.05) is 30.3 Å². The highest BCUT2D eigenvalue weighted by Gasteiger charge is 2.63. The van der Waals surface area contributed by atoms with Gasteiger partial charge in [0.15, 0.2) is 5.78 Å². The van der Waals surface area contributed by atoms with Gasteiger partial charge in [-0.05, 0) is 5.56 Å². The van der Waals surface area contributed by atoms with Crippen LogP contribution in [-0.2, 0) is 9.53 Å². The van der Waals surface area contributed by atoms with E-state index in [-0.39, 0.29) is 17.6 Å². The van der Waals surface area contributed by atoms with Crippen molar-refractivity contribution in [2.45, 2.75) is 17.9 Å². The van der Waals surface area contributed by atoms with Crippen LogP contribution in [0.15, 0.2) is 42.5 Å². The Bertz CT molecular complexity index is 449. The van der Waals surface area contributed by atoms with E-state index >= 15 is 0 Å². The first-order valence-corrected chi connectivity index (χ1v) is 5.61. The van der Waals surface area contributed by atoms with Gasteiger partial charge in [0.05, 0.1) is 5.92 Å². The normalized spacial score (nSPS) is 35.9. The number of fused-ring (bicyclic) bond motifs is 1. The van der Waals surface area contributed by atoms with Crippen LogP contribution in [0.25, 0.3) is 0 Å².